The van der Waals surface area contributed by atoms with Crippen molar-refractivity contribution >= 4 is 17.3 Å². The largest absolute Gasteiger partial charge is 0.480 e. The van der Waals surface area contributed by atoms with Crippen LogP contribution in [0.4, 0.5) is 0 Å². The van der Waals surface area contributed by atoms with E-state index in [1.807, 2.05) is 11.4 Å². The molecule has 0 spiro atoms. The maximum absolute atomic E-state index is 11.0. The summed E-state index contributed by atoms with van der Waals surface area (Å²) in [6.45, 7) is 6.42. The van der Waals surface area contributed by atoms with E-state index in [9.17, 15) is 4.79 Å². The third kappa shape index (κ3) is 3.82. The summed E-state index contributed by atoms with van der Waals surface area (Å²) in [5.41, 5.74) is 0. The van der Waals surface area contributed by atoms with Crippen LogP contribution in [0, 0.1) is 0 Å². The first-order valence-electron chi connectivity index (χ1n) is 6.11. The fourth-order valence-electron chi connectivity index (χ4n) is 2.04. The average molecular weight is 255 g/mol. The quantitative estimate of drug-likeness (QED) is 0.812. The zero-order valence-corrected chi connectivity index (χ0v) is 11.5. The monoisotopic (exact) mass is 255 g/mol. The fourth-order valence-corrected chi connectivity index (χ4v) is 2.97. The van der Waals surface area contributed by atoms with Gasteiger partial charge in [-0.3, -0.25) is 9.69 Å². The summed E-state index contributed by atoms with van der Waals surface area (Å²) in [4.78, 5) is 14.3. The van der Waals surface area contributed by atoms with Crippen LogP contribution in [0.3, 0.4) is 0 Å². The van der Waals surface area contributed by atoms with Gasteiger partial charge < -0.3 is 5.11 Å². The van der Waals surface area contributed by atoms with Crippen LogP contribution in [0.2, 0.25) is 0 Å². The minimum absolute atomic E-state index is 0.116. The molecule has 0 amide bonds. The van der Waals surface area contributed by atoms with Crippen molar-refractivity contribution in [2.24, 2.45) is 0 Å². The van der Waals surface area contributed by atoms with Gasteiger partial charge in [0.2, 0.25) is 0 Å². The number of carboxylic acid groups (broad SMARTS) is 1. The molecule has 1 N–H and O–H groups in total. The molecule has 17 heavy (non-hydrogen) atoms. The molecule has 0 saturated carbocycles. The number of carboxylic acids is 1. The van der Waals surface area contributed by atoms with Crippen LogP contribution in [-0.4, -0.2) is 28.6 Å². The highest BCUT2D eigenvalue weighted by Gasteiger charge is 2.25. The predicted octanol–water partition coefficient (Wildman–Crippen LogP) is 3.38. The fraction of sp³-hybridized carbons (Fsp3) is 0.615. The van der Waals surface area contributed by atoms with Crippen LogP contribution < -0.4 is 0 Å². The van der Waals surface area contributed by atoms with Crippen molar-refractivity contribution in [2.75, 3.05) is 6.54 Å². The average Bonchev–Trinajstić information content (AvgIpc) is 2.81. The second-order valence-electron chi connectivity index (χ2n) is 4.26. The van der Waals surface area contributed by atoms with E-state index in [0.717, 1.165) is 12.8 Å². The molecule has 0 bridgehead atoms. The summed E-state index contributed by atoms with van der Waals surface area (Å²) < 4.78 is 0. The molecule has 2 atom stereocenters. The lowest BCUT2D eigenvalue weighted by atomic mass is 10.1. The molecule has 96 valence electrons. The molecule has 3 nitrogen and oxygen atoms in total. The summed E-state index contributed by atoms with van der Waals surface area (Å²) in [6, 6.07) is 4.63. The number of hydrogen-bond acceptors (Lipinski definition) is 3. The molecule has 0 fully saturated rings. The first kappa shape index (κ1) is 14.2. The number of aliphatic carboxylic acids is 1. The molecule has 4 heteroatoms. The second kappa shape index (κ2) is 6.77. The van der Waals surface area contributed by atoms with Gasteiger partial charge in [0.05, 0.1) is 6.54 Å². The van der Waals surface area contributed by atoms with Crippen LogP contribution >= 0.6 is 11.3 Å². The Kier molecular flexibility index (Phi) is 5.65. The van der Waals surface area contributed by atoms with Gasteiger partial charge in [-0.05, 0) is 31.2 Å². The van der Waals surface area contributed by atoms with Gasteiger partial charge in [-0.15, -0.1) is 11.3 Å². The molecule has 0 aliphatic rings. The minimum Gasteiger partial charge on any atom is -0.480 e. The smallest absolute Gasteiger partial charge is 0.317 e. The molecule has 1 aromatic rings. The van der Waals surface area contributed by atoms with Crippen molar-refractivity contribution in [3.63, 3.8) is 0 Å². The number of nitrogens with zero attached hydrogens (tertiary/aromatic N) is 1. The first-order valence-corrected chi connectivity index (χ1v) is 6.99. The summed E-state index contributed by atoms with van der Waals surface area (Å²) in [7, 11) is 0. The molecule has 2 unspecified atom stereocenters. The molecule has 1 rings (SSSR count). The van der Waals surface area contributed by atoms with Crippen LogP contribution in [0.1, 0.15) is 44.5 Å². The van der Waals surface area contributed by atoms with E-state index in [1.54, 1.807) is 11.3 Å². The SMILES string of the molecule is CCC(C)N(CC(=O)O)C(CC)c1cccs1. The number of thiophene rings is 1. The predicted molar refractivity (Wildman–Crippen MR) is 71.4 cm³/mol. The highest BCUT2D eigenvalue weighted by Crippen LogP contribution is 2.30. The molecule has 1 heterocycles. The third-order valence-electron chi connectivity index (χ3n) is 3.13. The maximum Gasteiger partial charge on any atom is 0.317 e. The molecular formula is C13H21NO2S. The summed E-state index contributed by atoms with van der Waals surface area (Å²) >= 11 is 1.70. The Balaban J connectivity index is 2.89. The van der Waals surface area contributed by atoms with E-state index >= 15 is 0 Å². The Bertz CT molecular complexity index is 337. The Hall–Kier alpha value is -0.870. The zero-order chi connectivity index (χ0) is 12.8. The van der Waals surface area contributed by atoms with Gasteiger partial charge in [0.1, 0.15) is 0 Å². The van der Waals surface area contributed by atoms with Gasteiger partial charge >= 0.3 is 5.97 Å². The van der Waals surface area contributed by atoms with E-state index in [1.165, 1.54) is 4.88 Å². The highest BCUT2D eigenvalue weighted by atomic mass is 32.1. The van der Waals surface area contributed by atoms with Crippen LogP contribution in [0.15, 0.2) is 17.5 Å². The third-order valence-corrected chi connectivity index (χ3v) is 4.11. The van der Waals surface area contributed by atoms with Crippen molar-refractivity contribution in [1.29, 1.82) is 0 Å². The Labute approximate surface area is 107 Å². The van der Waals surface area contributed by atoms with E-state index in [-0.39, 0.29) is 18.6 Å². The van der Waals surface area contributed by atoms with Crippen molar-refractivity contribution in [3.05, 3.63) is 22.4 Å². The van der Waals surface area contributed by atoms with Crippen molar-refractivity contribution in [3.8, 4) is 0 Å². The summed E-state index contributed by atoms with van der Waals surface area (Å²) in [6.07, 6.45) is 1.91. The lowest BCUT2D eigenvalue weighted by Crippen LogP contribution is -2.39. The zero-order valence-electron chi connectivity index (χ0n) is 10.7. The van der Waals surface area contributed by atoms with Gasteiger partial charge in [-0.1, -0.05) is 19.9 Å². The molecule has 1 aromatic heterocycles. The van der Waals surface area contributed by atoms with E-state index in [2.05, 4.69) is 31.7 Å². The van der Waals surface area contributed by atoms with Crippen molar-refractivity contribution in [1.82, 2.24) is 4.90 Å². The molecule has 0 aromatic carbocycles. The van der Waals surface area contributed by atoms with E-state index in [4.69, 9.17) is 5.11 Å². The lowest BCUT2D eigenvalue weighted by Gasteiger charge is -2.34. The molecular weight excluding hydrogens is 234 g/mol. The first-order chi connectivity index (χ1) is 8.10. The highest BCUT2D eigenvalue weighted by molar-refractivity contribution is 7.10. The van der Waals surface area contributed by atoms with Gasteiger partial charge in [-0.25, -0.2) is 0 Å². The van der Waals surface area contributed by atoms with Crippen molar-refractivity contribution in [2.45, 2.75) is 45.7 Å². The number of rotatable bonds is 7. The Morgan fingerprint density at radius 1 is 1.47 bits per heavy atom. The molecule has 0 aliphatic carbocycles. The number of carbonyl (C=O) groups is 1. The maximum atomic E-state index is 11.0. The topological polar surface area (TPSA) is 40.5 Å². The standard InChI is InChI=1S/C13H21NO2S/c1-4-10(3)14(9-13(15)16)11(5-2)12-7-6-8-17-12/h6-8,10-11H,4-5,9H2,1-3H3,(H,15,16). The van der Waals surface area contributed by atoms with Gasteiger partial charge in [-0.2, -0.15) is 0 Å². The van der Waals surface area contributed by atoms with Crippen molar-refractivity contribution < 1.29 is 9.90 Å². The van der Waals surface area contributed by atoms with Gasteiger partial charge in [0, 0.05) is 17.0 Å². The van der Waals surface area contributed by atoms with Crippen LogP contribution in [-0.2, 0) is 4.79 Å². The Morgan fingerprint density at radius 3 is 2.59 bits per heavy atom. The normalized spacial score (nSPS) is 14.8. The minimum atomic E-state index is -0.750. The lowest BCUT2D eigenvalue weighted by molar-refractivity contribution is -0.139. The van der Waals surface area contributed by atoms with E-state index < -0.39 is 5.97 Å². The van der Waals surface area contributed by atoms with Crippen LogP contribution in [0.25, 0.3) is 0 Å². The van der Waals surface area contributed by atoms with E-state index in [0.29, 0.717) is 0 Å². The number of hydrogen-bond donors (Lipinski definition) is 1. The second-order valence-corrected chi connectivity index (χ2v) is 5.24. The van der Waals surface area contributed by atoms with Gasteiger partial charge in [0.15, 0.2) is 0 Å². The molecule has 0 aliphatic heterocycles. The Morgan fingerprint density at radius 2 is 2.18 bits per heavy atom. The summed E-state index contributed by atoms with van der Waals surface area (Å²) in [5, 5.41) is 11.1. The van der Waals surface area contributed by atoms with Gasteiger partial charge in [0.25, 0.3) is 0 Å². The summed E-state index contributed by atoms with van der Waals surface area (Å²) in [5.74, 6) is -0.750. The molecule has 0 saturated heterocycles. The molecule has 0 radical (unpaired) electrons. The van der Waals surface area contributed by atoms with Crippen LogP contribution in [0.5, 0.6) is 0 Å².